The first-order chi connectivity index (χ1) is 15.5. The summed E-state index contributed by atoms with van der Waals surface area (Å²) in [7, 11) is -7.96. The van der Waals surface area contributed by atoms with Crippen LogP contribution >= 0.6 is 11.6 Å². The topological polar surface area (TPSA) is 98.8 Å². The van der Waals surface area contributed by atoms with Gasteiger partial charge in [0.15, 0.2) is 21.4 Å². The van der Waals surface area contributed by atoms with Gasteiger partial charge < -0.3 is 9.47 Å². The highest BCUT2D eigenvalue weighted by atomic mass is 35.5. The van der Waals surface area contributed by atoms with Crippen molar-refractivity contribution in [1.82, 2.24) is 4.72 Å². The summed E-state index contributed by atoms with van der Waals surface area (Å²) in [6.07, 6.45) is -1.13. The van der Waals surface area contributed by atoms with Crippen molar-refractivity contribution in [2.75, 3.05) is 25.5 Å². The molecule has 0 saturated carbocycles. The predicted octanol–water partition coefficient (Wildman–Crippen LogP) is 3.02. The molecule has 3 atom stereocenters. The molecule has 2 aliphatic rings. The van der Waals surface area contributed by atoms with Crippen LogP contribution in [0.2, 0.25) is 5.02 Å². The van der Waals surface area contributed by atoms with Crippen LogP contribution in [0, 0.1) is 17.6 Å². The number of sulfone groups is 1. The number of hydrogen-bond donors (Lipinski definition) is 1. The molecule has 0 aliphatic carbocycles. The number of sulfonamides is 1. The summed E-state index contributed by atoms with van der Waals surface area (Å²) in [6, 6.07) is 7.15. The van der Waals surface area contributed by atoms with Crippen molar-refractivity contribution in [2.24, 2.45) is 5.92 Å². The molecule has 1 N–H and O–H groups in total. The van der Waals surface area contributed by atoms with Crippen molar-refractivity contribution in [3.05, 3.63) is 58.6 Å². The molecule has 2 aromatic rings. The molecule has 2 heterocycles. The summed E-state index contributed by atoms with van der Waals surface area (Å²) in [5.41, 5.74) is -0.402. The van der Waals surface area contributed by atoms with Crippen LogP contribution in [0.25, 0.3) is 0 Å². The number of fused-ring (bicyclic) bond motifs is 3. The zero-order valence-corrected chi connectivity index (χ0v) is 19.9. The van der Waals surface area contributed by atoms with Crippen LogP contribution in [0.4, 0.5) is 8.78 Å². The molecule has 12 heteroatoms. The van der Waals surface area contributed by atoms with E-state index < -0.39 is 59.6 Å². The third kappa shape index (κ3) is 4.03. The minimum atomic E-state index is -4.35. The fourth-order valence-electron chi connectivity index (χ4n) is 4.56. The average Bonchev–Trinajstić information content (AvgIpc) is 2.79. The minimum Gasteiger partial charge on any atom is -0.490 e. The van der Waals surface area contributed by atoms with Crippen molar-refractivity contribution in [2.45, 2.75) is 29.1 Å². The van der Waals surface area contributed by atoms with Gasteiger partial charge in [-0.05, 0) is 49.7 Å². The molecule has 0 radical (unpaired) electrons. The second kappa shape index (κ2) is 8.77. The number of benzene rings is 2. The highest BCUT2D eigenvalue weighted by Crippen LogP contribution is 2.55. The van der Waals surface area contributed by atoms with E-state index in [4.69, 9.17) is 21.1 Å². The molecule has 1 saturated heterocycles. The minimum absolute atomic E-state index is 0.114. The normalized spacial score (nSPS) is 25.1. The van der Waals surface area contributed by atoms with Gasteiger partial charge in [0.2, 0.25) is 10.0 Å². The van der Waals surface area contributed by atoms with Crippen LogP contribution in [0.5, 0.6) is 5.75 Å². The number of ether oxygens (including phenoxy) is 2. The maximum atomic E-state index is 15.2. The standard InChI is InChI=1S/C21H22ClF2NO6S2/c1-2-32(26,27)25-11-18-15-12-31-20-17(24)8-7-16(23)19(20)21(15,9-10-30-18)33(28,29)14-5-3-13(22)4-6-14/h3-8,15,18,25H,2,9-12H2,1H3/t15-,18-,21-/m0/s1. The Balaban J connectivity index is 1.92. The average molecular weight is 522 g/mol. The number of hydrogen-bond acceptors (Lipinski definition) is 6. The van der Waals surface area contributed by atoms with Crippen LogP contribution in [-0.2, 0) is 29.3 Å². The maximum absolute atomic E-state index is 15.2. The Labute approximate surface area is 196 Å². The first-order valence-corrected chi connectivity index (χ1v) is 13.7. The van der Waals surface area contributed by atoms with Crippen LogP contribution in [0.3, 0.4) is 0 Å². The first kappa shape index (κ1) is 24.3. The predicted molar refractivity (Wildman–Crippen MR) is 117 cm³/mol. The van der Waals surface area contributed by atoms with E-state index in [1.165, 1.54) is 31.2 Å². The van der Waals surface area contributed by atoms with E-state index in [1.54, 1.807) is 0 Å². The van der Waals surface area contributed by atoms with Crippen molar-refractivity contribution in [1.29, 1.82) is 0 Å². The smallest absolute Gasteiger partial charge is 0.211 e. The lowest BCUT2D eigenvalue weighted by atomic mass is 9.76. The van der Waals surface area contributed by atoms with Crippen LogP contribution in [0.15, 0.2) is 41.3 Å². The Kier molecular flexibility index (Phi) is 6.47. The van der Waals surface area contributed by atoms with E-state index in [1.807, 2.05) is 0 Å². The molecule has 4 rings (SSSR count). The SMILES string of the molecule is CCS(=O)(=O)NC[C@@H]1OCC[C@@]2(S(=O)(=O)c3ccc(Cl)cc3)c3c(F)ccc(F)c3OC[C@@H]12. The van der Waals surface area contributed by atoms with Gasteiger partial charge in [0.25, 0.3) is 0 Å². The summed E-state index contributed by atoms with van der Waals surface area (Å²) in [5.74, 6) is -3.47. The van der Waals surface area contributed by atoms with Crippen LogP contribution in [-0.4, -0.2) is 48.5 Å². The second-order valence-corrected chi connectivity index (χ2v) is 12.6. The zero-order chi connectivity index (χ0) is 24.0. The highest BCUT2D eigenvalue weighted by molar-refractivity contribution is 7.92. The van der Waals surface area contributed by atoms with Gasteiger partial charge in [-0.2, -0.15) is 0 Å². The fraction of sp³-hybridized carbons (Fsp3) is 0.429. The second-order valence-electron chi connectivity index (χ2n) is 7.91. The molecule has 2 aromatic carbocycles. The van der Waals surface area contributed by atoms with E-state index >= 15 is 4.39 Å². The van der Waals surface area contributed by atoms with E-state index in [-0.39, 0.29) is 36.8 Å². The monoisotopic (exact) mass is 521 g/mol. The van der Waals surface area contributed by atoms with Gasteiger partial charge in [0, 0.05) is 24.1 Å². The van der Waals surface area contributed by atoms with Gasteiger partial charge >= 0.3 is 0 Å². The molecule has 0 aromatic heterocycles. The summed E-state index contributed by atoms with van der Waals surface area (Å²) < 4.78 is 93.8. The highest BCUT2D eigenvalue weighted by Gasteiger charge is 2.61. The van der Waals surface area contributed by atoms with E-state index in [2.05, 4.69) is 4.72 Å². The molecule has 33 heavy (non-hydrogen) atoms. The first-order valence-electron chi connectivity index (χ1n) is 10.2. The van der Waals surface area contributed by atoms with Crippen LogP contribution < -0.4 is 9.46 Å². The van der Waals surface area contributed by atoms with Gasteiger partial charge in [-0.15, -0.1) is 0 Å². The van der Waals surface area contributed by atoms with E-state index in [9.17, 15) is 21.2 Å². The third-order valence-corrected chi connectivity index (χ3v) is 10.4. The molecule has 180 valence electrons. The lowest BCUT2D eigenvalue weighted by molar-refractivity contribution is -0.0688. The van der Waals surface area contributed by atoms with Crippen molar-refractivity contribution in [3.63, 3.8) is 0 Å². The van der Waals surface area contributed by atoms with Gasteiger partial charge in [0.05, 0.1) is 28.9 Å². The zero-order valence-electron chi connectivity index (χ0n) is 17.6. The van der Waals surface area contributed by atoms with E-state index in [0.29, 0.717) is 5.02 Å². The van der Waals surface area contributed by atoms with Gasteiger partial charge in [0.1, 0.15) is 10.6 Å². The van der Waals surface area contributed by atoms with Crippen molar-refractivity contribution in [3.8, 4) is 5.75 Å². The quantitative estimate of drug-likeness (QED) is 0.627. The largest absolute Gasteiger partial charge is 0.490 e. The Morgan fingerprint density at radius 1 is 1.09 bits per heavy atom. The fourth-order valence-corrected chi connectivity index (χ4v) is 7.65. The molecule has 0 bridgehead atoms. The Morgan fingerprint density at radius 3 is 2.42 bits per heavy atom. The van der Waals surface area contributed by atoms with Gasteiger partial charge in [-0.3, -0.25) is 0 Å². The Bertz CT molecular complexity index is 1270. The summed E-state index contributed by atoms with van der Waals surface area (Å²) in [6.45, 7) is 0.793. The molecule has 0 unspecified atom stereocenters. The van der Waals surface area contributed by atoms with Crippen molar-refractivity contribution >= 4 is 31.5 Å². The van der Waals surface area contributed by atoms with E-state index in [0.717, 1.165) is 12.1 Å². The van der Waals surface area contributed by atoms with Crippen molar-refractivity contribution < 1.29 is 35.1 Å². The lowest BCUT2D eigenvalue weighted by Gasteiger charge is -2.50. The van der Waals surface area contributed by atoms with Gasteiger partial charge in [-0.1, -0.05) is 11.6 Å². The number of halogens is 3. The lowest BCUT2D eigenvalue weighted by Crippen LogP contribution is -2.59. The molecular weight excluding hydrogens is 500 g/mol. The Hall–Kier alpha value is -1.79. The molecule has 7 nitrogen and oxygen atoms in total. The molecule has 2 aliphatic heterocycles. The summed E-state index contributed by atoms with van der Waals surface area (Å²) >= 11 is 5.92. The summed E-state index contributed by atoms with van der Waals surface area (Å²) in [5, 5.41) is 0.312. The third-order valence-electron chi connectivity index (χ3n) is 6.23. The molecule has 1 fully saturated rings. The molecular formula is C21H22ClF2NO6S2. The number of nitrogens with one attached hydrogen (secondary N) is 1. The van der Waals surface area contributed by atoms with Gasteiger partial charge in [-0.25, -0.2) is 30.3 Å². The molecule has 0 spiro atoms. The summed E-state index contributed by atoms with van der Waals surface area (Å²) in [4.78, 5) is -0.122. The number of rotatable bonds is 6. The Morgan fingerprint density at radius 2 is 1.76 bits per heavy atom. The maximum Gasteiger partial charge on any atom is 0.211 e. The van der Waals surface area contributed by atoms with Crippen LogP contribution in [0.1, 0.15) is 18.9 Å². The molecule has 0 amide bonds.